The summed E-state index contributed by atoms with van der Waals surface area (Å²) >= 11 is 0. The van der Waals surface area contributed by atoms with E-state index in [1.54, 1.807) is 0 Å². The Morgan fingerprint density at radius 2 is 1.48 bits per heavy atom. The van der Waals surface area contributed by atoms with Gasteiger partial charge < -0.3 is 38.0 Å². The lowest BCUT2D eigenvalue weighted by Crippen LogP contribution is -2.55. The number of nitrogens with one attached hydrogen (secondary N) is 2. The Bertz CT molecular complexity index is 555. The number of nitrogens with two attached hydrogens (primary N) is 3. The molecule has 27 heavy (non-hydrogen) atoms. The maximum absolute atomic E-state index is 12.3. The maximum Gasteiger partial charge on any atom is 0.326 e. The predicted molar refractivity (Wildman–Crippen MR) is 93.1 cm³/mol. The van der Waals surface area contributed by atoms with Crippen LogP contribution >= 0.6 is 0 Å². The number of carbonyl (C=O) groups is 5. The van der Waals surface area contributed by atoms with Crippen LogP contribution in [-0.2, 0) is 24.0 Å². The van der Waals surface area contributed by atoms with Crippen LogP contribution in [0.4, 0.5) is 0 Å². The van der Waals surface area contributed by atoms with Crippen LogP contribution in [0.1, 0.15) is 38.5 Å². The monoisotopic (exact) mass is 389 g/mol. The fourth-order valence-electron chi connectivity index (χ4n) is 2.12. The van der Waals surface area contributed by atoms with Crippen molar-refractivity contribution in [2.75, 3.05) is 6.54 Å². The molecule has 0 aliphatic carbocycles. The quantitative estimate of drug-likeness (QED) is 0.152. The molecule has 0 fully saturated rings. The van der Waals surface area contributed by atoms with Crippen molar-refractivity contribution in [1.82, 2.24) is 10.6 Å². The number of carboxylic acid groups (broad SMARTS) is 2. The Kier molecular flexibility index (Phi) is 11.3. The minimum atomic E-state index is -1.43. The Morgan fingerprint density at radius 1 is 0.889 bits per heavy atom. The molecule has 0 aromatic carbocycles. The van der Waals surface area contributed by atoms with Gasteiger partial charge in [-0.25, -0.2) is 4.79 Å². The Balaban J connectivity index is 4.96. The van der Waals surface area contributed by atoms with E-state index in [1.165, 1.54) is 0 Å². The second kappa shape index (κ2) is 12.6. The van der Waals surface area contributed by atoms with E-state index in [4.69, 9.17) is 22.3 Å². The average Bonchev–Trinajstić information content (AvgIpc) is 2.57. The number of carboxylic acids is 2. The predicted octanol–water partition coefficient (Wildman–Crippen LogP) is -2.76. The number of hydrogen-bond donors (Lipinski definition) is 7. The molecule has 0 aliphatic rings. The first-order chi connectivity index (χ1) is 12.6. The molecule has 3 amide bonds. The summed E-state index contributed by atoms with van der Waals surface area (Å²) in [5.74, 6) is -5.08. The van der Waals surface area contributed by atoms with Crippen molar-refractivity contribution >= 4 is 29.7 Å². The van der Waals surface area contributed by atoms with Crippen molar-refractivity contribution in [3.63, 3.8) is 0 Å². The van der Waals surface area contributed by atoms with Gasteiger partial charge >= 0.3 is 11.9 Å². The van der Waals surface area contributed by atoms with Crippen LogP contribution in [0.3, 0.4) is 0 Å². The van der Waals surface area contributed by atoms with Crippen molar-refractivity contribution in [3.05, 3.63) is 0 Å². The third kappa shape index (κ3) is 10.8. The second-order valence-electron chi connectivity index (χ2n) is 5.95. The molecule has 0 saturated heterocycles. The molecule has 3 unspecified atom stereocenters. The van der Waals surface area contributed by atoms with Gasteiger partial charge in [-0.05, 0) is 32.2 Å². The van der Waals surface area contributed by atoms with Crippen molar-refractivity contribution in [2.24, 2.45) is 17.2 Å². The molecular weight excluding hydrogens is 362 g/mol. The minimum absolute atomic E-state index is 0.119. The summed E-state index contributed by atoms with van der Waals surface area (Å²) in [6, 6.07) is -3.87. The van der Waals surface area contributed by atoms with E-state index in [9.17, 15) is 29.1 Å². The lowest BCUT2D eigenvalue weighted by molar-refractivity contribution is -0.142. The number of hydrogen-bond acceptors (Lipinski definition) is 7. The second-order valence-corrected chi connectivity index (χ2v) is 5.95. The van der Waals surface area contributed by atoms with Gasteiger partial charge in [0.2, 0.25) is 17.7 Å². The first-order valence-electron chi connectivity index (χ1n) is 8.37. The number of aliphatic carboxylic acids is 2. The van der Waals surface area contributed by atoms with Gasteiger partial charge in [-0.1, -0.05) is 0 Å². The van der Waals surface area contributed by atoms with Gasteiger partial charge in [-0.2, -0.15) is 0 Å². The zero-order valence-electron chi connectivity index (χ0n) is 14.8. The van der Waals surface area contributed by atoms with E-state index in [0.717, 1.165) is 0 Å². The van der Waals surface area contributed by atoms with Crippen LogP contribution < -0.4 is 27.8 Å². The highest BCUT2D eigenvalue weighted by molar-refractivity contribution is 5.94. The minimum Gasteiger partial charge on any atom is -0.481 e. The average molecular weight is 389 g/mol. The third-order valence-electron chi connectivity index (χ3n) is 3.61. The van der Waals surface area contributed by atoms with Crippen LogP contribution in [0.25, 0.3) is 0 Å². The van der Waals surface area contributed by atoms with E-state index in [-0.39, 0.29) is 19.3 Å². The normalized spacial score (nSPS) is 13.9. The molecule has 0 aliphatic heterocycles. The molecule has 12 heteroatoms. The van der Waals surface area contributed by atoms with Crippen molar-refractivity contribution in [1.29, 1.82) is 0 Å². The van der Waals surface area contributed by atoms with Gasteiger partial charge in [0.1, 0.15) is 12.1 Å². The van der Waals surface area contributed by atoms with Gasteiger partial charge in [0, 0.05) is 6.42 Å². The van der Waals surface area contributed by atoms with Gasteiger partial charge in [-0.3, -0.25) is 19.2 Å². The van der Waals surface area contributed by atoms with Gasteiger partial charge in [0.15, 0.2) is 0 Å². The highest BCUT2D eigenvalue weighted by Crippen LogP contribution is 2.03. The largest absolute Gasteiger partial charge is 0.481 e. The molecule has 10 N–H and O–H groups in total. The van der Waals surface area contributed by atoms with E-state index >= 15 is 0 Å². The Labute approximate surface area is 155 Å². The van der Waals surface area contributed by atoms with Gasteiger partial charge in [-0.15, -0.1) is 0 Å². The SMILES string of the molecule is NCCCCC(NC(=O)C(CC(N)=O)NC(=O)C(N)CCC(=O)O)C(=O)O. The summed E-state index contributed by atoms with van der Waals surface area (Å²) < 4.78 is 0. The Morgan fingerprint density at radius 3 is 1.96 bits per heavy atom. The molecule has 0 spiro atoms. The van der Waals surface area contributed by atoms with E-state index in [1.807, 2.05) is 0 Å². The van der Waals surface area contributed by atoms with Crippen LogP contribution in [-0.4, -0.2) is 64.5 Å². The zero-order valence-corrected chi connectivity index (χ0v) is 14.8. The van der Waals surface area contributed by atoms with E-state index < -0.39 is 54.2 Å². The molecule has 0 heterocycles. The van der Waals surface area contributed by atoms with Crippen LogP contribution in [0, 0.1) is 0 Å². The van der Waals surface area contributed by atoms with Crippen molar-refractivity contribution in [3.8, 4) is 0 Å². The van der Waals surface area contributed by atoms with E-state index in [2.05, 4.69) is 10.6 Å². The van der Waals surface area contributed by atoms with Crippen molar-refractivity contribution in [2.45, 2.75) is 56.7 Å². The smallest absolute Gasteiger partial charge is 0.326 e. The fraction of sp³-hybridized carbons (Fsp3) is 0.667. The first kappa shape index (κ1) is 24.3. The third-order valence-corrected chi connectivity index (χ3v) is 3.61. The Hall–Kier alpha value is -2.73. The molecule has 12 nitrogen and oxygen atoms in total. The summed E-state index contributed by atoms with van der Waals surface area (Å²) in [6.07, 6.45) is 0.0403. The molecule has 154 valence electrons. The van der Waals surface area contributed by atoms with E-state index in [0.29, 0.717) is 19.4 Å². The fourth-order valence-corrected chi connectivity index (χ4v) is 2.12. The molecule has 0 bridgehead atoms. The number of unbranched alkanes of at least 4 members (excludes halogenated alkanes) is 1. The lowest BCUT2D eigenvalue weighted by Gasteiger charge is -2.22. The van der Waals surface area contributed by atoms with Crippen molar-refractivity contribution < 1.29 is 34.2 Å². The summed E-state index contributed by atoms with van der Waals surface area (Å²) in [5, 5.41) is 22.2. The number of carbonyl (C=O) groups excluding carboxylic acids is 3. The molecule has 0 saturated carbocycles. The molecule has 0 rings (SSSR count). The zero-order chi connectivity index (χ0) is 21.0. The topological polar surface area (TPSA) is 228 Å². The van der Waals surface area contributed by atoms with Crippen LogP contribution in [0.5, 0.6) is 0 Å². The molecule has 0 aromatic rings. The number of rotatable bonds is 14. The standard InChI is InChI=1S/C15H27N5O7/c16-6-2-1-3-9(15(26)27)19-14(25)10(7-11(18)21)20-13(24)8(17)4-5-12(22)23/h8-10H,1-7,16-17H2,(H2,18,21)(H,19,25)(H,20,24)(H,22,23)(H,26,27). The summed E-state index contributed by atoms with van der Waals surface area (Å²) in [6.45, 7) is 0.370. The highest BCUT2D eigenvalue weighted by atomic mass is 16.4. The molecule has 0 radical (unpaired) electrons. The molecule has 3 atom stereocenters. The van der Waals surface area contributed by atoms with Crippen LogP contribution in [0.15, 0.2) is 0 Å². The molecule has 0 aromatic heterocycles. The maximum atomic E-state index is 12.3. The summed E-state index contributed by atoms with van der Waals surface area (Å²) in [5.41, 5.74) is 15.9. The number of amides is 3. The first-order valence-corrected chi connectivity index (χ1v) is 8.37. The highest BCUT2D eigenvalue weighted by Gasteiger charge is 2.29. The molecular formula is C15H27N5O7. The number of primary amides is 1. The van der Waals surface area contributed by atoms with Crippen LogP contribution in [0.2, 0.25) is 0 Å². The van der Waals surface area contributed by atoms with Gasteiger partial charge in [0.05, 0.1) is 12.5 Å². The van der Waals surface area contributed by atoms with Gasteiger partial charge in [0.25, 0.3) is 0 Å². The summed E-state index contributed by atoms with van der Waals surface area (Å²) in [7, 11) is 0. The summed E-state index contributed by atoms with van der Waals surface area (Å²) in [4.78, 5) is 57.2. The lowest BCUT2D eigenvalue weighted by atomic mass is 10.1.